The molecule has 3 aromatic carbocycles. The number of nitrogens with zero attached hydrogens (tertiary/aromatic N) is 1. The molecule has 7 heteroatoms. The molecule has 0 aliphatic rings. The lowest BCUT2D eigenvalue weighted by Gasteiger charge is -2.24. The van der Waals surface area contributed by atoms with E-state index >= 15 is 0 Å². The Hall–Kier alpha value is -2.83. The number of aryl methyl sites for hydroxylation is 2. The van der Waals surface area contributed by atoms with Crippen LogP contribution in [0.25, 0.3) is 0 Å². The number of carbonyl (C=O) groups excluding carboxylic acids is 1. The van der Waals surface area contributed by atoms with Crippen LogP contribution in [0, 0.1) is 13.8 Å². The minimum atomic E-state index is -3.93. The monoisotopic (exact) mass is 428 g/mol. The topological polar surface area (TPSA) is 66.5 Å². The molecular weight excluding hydrogens is 408 g/mol. The molecule has 0 heterocycles. The van der Waals surface area contributed by atoms with Gasteiger partial charge in [-0.05, 0) is 55.8 Å². The number of hydrogen-bond donors (Lipinski definition) is 1. The van der Waals surface area contributed by atoms with Crippen LogP contribution in [-0.4, -0.2) is 20.9 Å². The summed E-state index contributed by atoms with van der Waals surface area (Å²) in [5, 5.41) is 3.24. The Kier molecular flexibility index (Phi) is 6.25. The summed E-state index contributed by atoms with van der Waals surface area (Å²) in [6.45, 7) is 3.38. The second-order valence-corrected chi connectivity index (χ2v) is 8.97. The molecule has 150 valence electrons. The molecule has 1 amide bonds. The fraction of sp³-hybridized carbons (Fsp3) is 0.136. The van der Waals surface area contributed by atoms with E-state index in [0.29, 0.717) is 16.4 Å². The lowest BCUT2D eigenvalue weighted by Crippen LogP contribution is -2.38. The number of sulfonamides is 1. The number of anilines is 2. The maximum Gasteiger partial charge on any atom is 0.264 e. The van der Waals surface area contributed by atoms with Gasteiger partial charge in [-0.15, -0.1) is 0 Å². The van der Waals surface area contributed by atoms with Crippen LogP contribution in [0.4, 0.5) is 11.4 Å². The maximum atomic E-state index is 13.3. The van der Waals surface area contributed by atoms with E-state index < -0.39 is 15.9 Å². The Labute approximate surface area is 176 Å². The van der Waals surface area contributed by atoms with E-state index in [1.54, 1.807) is 48.5 Å². The second kappa shape index (κ2) is 8.68. The number of benzene rings is 3. The van der Waals surface area contributed by atoms with Gasteiger partial charge in [0, 0.05) is 10.7 Å². The largest absolute Gasteiger partial charge is 0.324 e. The molecule has 0 fully saturated rings. The summed E-state index contributed by atoms with van der Waals surface area (Å²) in [7, 11) is -3.93. The second-order valence-electron chi connectivity index (χ2n) is 6.67. The van der Waals surface area contributed by atoms with Crippen LogP contribution < -0.4 is 9.62 Å². The molecule has 3 aromatic rings. The molecule has 0 saturated carbocycles. The molecule has 0 unspecified atom stereocenters. The number of hydrogen-bond acceptors (Lipinski definition) is 3. The highest BCUT2D eigenvalue weighted by atomic mass is 35.5. The van der Waals surface area contributed by atoms with Gasteiger partial charge in [0.1, 0.15) is 6.54 Å². The van der Waals surface area contributed by atoms with E-state index in [0.717, 1.165) is 15.4 Å². The Bertz CT molecular complexity index is 1110. The molecule has 3 rings (SSSR count). The third-order valence-electron chi connectivity index (χ3n) is 4.41. The number of nitrogens with one attached hydrogen (secondary N) is 1. The Balaban J connectivity index is 1.94. The summed E-state index contributed by atoms with van der Waals surface area (Å²) in [5.74, 6) is -0.463. The van der Waals surface area contributed by atoms with Gasteiger partial charge in [0.2, 0.25) is 5.91 Å². The highest BCUT2D eigenvalue weighted by Gasteiger charge is 2.27. The van der Waals surface area contributed by atoms with Crippen molar-refractivity contribution in [2.75, 3.05) is 16.2 Å². The summed E-state index contributed by atoms with van der Waals surface area (Å²) in [6, 6.07) is 20.2. The highest BCUT2D eigenvalue weighted by molar-refractivity contribution is 7.92. The Morgan fingerprint density at radius 3 is 2.28 bits per heavy atom. The van der Waals surface area contributed by atoms with Crippen LogP contribution in [0.1, 0.15) is 11.1 Å². The molecule has 0 atom stereocenters. The molecule has 0 aliphatic carbocycles. The van der Waals surface area contributed by atoms with Gasteiger partial charge in [-0.2, -0.15) is 0 Å². The van der Waals surface area contributed by atoms with Crippen LogP contribution in [0.15, 0.2) is 77.7 Å². The standard InChI is InChI=1S/C22H21ClN2O3S/c1-16-8-12-19(13-9-16)25(29(27,28)20-6-4-3-5-7-20)15-22(26)24-21-14-18(23)11-10-17(21)2/h3-14H,15H2,1-2H3,(H,24,26). The molecule has 0 spiro atoms. The molecule has 1 N–H and O–H groups in total. The van der Waals surface area contributed by atoms with Crippen molar-refractivity contribution in [3.05, 3.63) is 88.9 Å². The van der Waals surface area contributed by atoms with Crippen LogP contribution in [0.3, 0.4) is 0 Å². The first-order valence-corrected chi connectivity index (χ1v) is 10.8. The predicted octanol–water partition coefficient (Wildman–Crippen LogP) is 4.79. The molecule has 5 nitrogen and oxygen atoms in total. The average molecular weight is 429 g/mol. The van der Waals surface area contributed by atoms with Crippen LogP contribution in [0.2, 0.25) is 5.02 Å². The molecule has 0 radical (unpaired) electrons. The number of halogens is 1. The van der Waals surface area contributed by atoms with Gasteiger partial charge in [0.15, 0.2) is 0 Å². The minimum Gasteiger partial charge on any atom is -0.324 e. The molecule has 0 saturated heterocycles. The van der Waals surface area contributed by atoms with Crippen molar-refractivity contribution in [3.8, 4) is 0 Å². The van der Waals surface area contributed by atoms with Crippen molar-refractivity contribution < 1.29 is 13.2 Å². The van der Waals surface area contributed by atoms with E-state index in [2.05, 4.69) is 5.32 Å². The maximum absolute atomic E-state index is 13.3. The smallest absolute Gasteiger partial charge is 0.264 e. The number of amides is 1. The van der Waals surface area contributed by atoms with E-state index in [1.807, 2.05) is 26.0 Å². The van der Waals surface area contributed by atoms with Crippen molar-refractivity contribution in [1.82, 2.24) is 0 Å². The van der Waals surface area contributed by atoms with Gasteiger partial charge >= 0.3 is 0 Å². The van der Waals surface area contributed by atoms with Crippen molar-refractivity contribution in [2.24, 2.45) is 0 Å². The van der Waals surface area contributed by atoms with Crippen molar-refractivity contribution in [1.29, 1.82) is 0 Å². The predicted molar refractivity (Wildman–Crippen MR) is 117 cm³/mol. The zero-order valence-corrected chi connectivity index (χ0v) is 17.7. The van der Waals surface area contributed by atoms with Gasteiger partial charge in [-0.1, -0.05) is 53.6 Å². The SMILES string of the molecule is Cc1ccc(N(CC(=O)Nc2cc(Cl)ccc2C)S(=O)(=O)c2ccccc2)cc1. The fourth-order valence-electron chi connectivity index (χ4n) is 2.79. The zero-order valence-electron chi connectivity index (χ0n) is 16.1. The molecule has 29 heavy (non-hydrogen) atoms. The van der Waals surface area contributed by atoms with E-state index in [4.69, 9.17) is 11.6 Å². The van der Waals surface area contributed by atoms with Gasteiger partial charge in [-0.25, -0.2) is 8.42 Å². The quantitative estimate of drug-likeness (QED) is 0.613. The third kappa shape index (κ3) is 4.96. The van der Waals surface area contributed by atoms with Crippen molar-refractivity contribution in [3.63, 3.8) is 0 Å². The highest BCUT2D eigenvalue weighted by Crippen LogP contribution is 2.25. The number of rotatable bonds is 6. The Morgan fingerprint density at radius 2 is 1.62 bits per heavy atom. The Morgan fingerprint density at radius 1 is 0.966 bits per heavy atom. The summed E-state index contributed by atoms with van der Waals surface area (Å²) < 4.78 is 27.6. The summed E-state index contributed by atoms with van der Waals surface area (Å²) in [4.78, 5) is 12.9. The fourth-order valence-corrected chi connectivity index (χ4v) is 4.41. The van der Waals surface area contributed by atoms with E-state index in [9.17, 15) is 13.2 Å². The summed E-state index contributed by atoms with van der Waals surface area (Å²) in [6.07, 6.45) is 0. The molecule has 0 bridgehead atoms. The molecule has 0 aromatic heterocycles. The lowest BCUT2D eigenvalue weighted by atomic mass is 10.2. The minimum absolute atomic E-state index is 0.118. The first-order chi connectivity index (χ1) is 13.8. The normalized spacial score (nSPS) is 11.1. The van der Waals surface area contributed by atoms with Gasteiger partial charge in [-0.3, -0.25) is 9.10 Å². The number of carbonyl (C=O) groups is 1. The van der Waals surface area contributed by atoms with Crippen LogP contribution >= 0.6 is 11.6 Å². The van der Waals surface area contributed by atoms with Crippen LogP contribution in [-0.2, 0) is 14.8 Å². The van der Waals surface area contributed by atoms with Crippen molar-refractivity contribution in [2.45, 2.75) is 18.7 Å². The average Bonchev–Trinajstić information content (AvgIpc) is 2.70. The van der Waals surface area contributed by atoms with Crippen LogP contribution in [0.5, 0.6) is 0 Å². The van der Waals surface area contributed by atoms with Gasteiger partial charge in [0.05, 0.1) is 10.6 Å². The summed E-state index contributed by atoms with van der Waals surface area (Å²) in [5.41, 5.74) is 2.78. The lowest BCUT2D eigenvalue weighted by molar-refractivity contribution is -0.114. The first-order valence-electron chi connectivity index (χ1n) is 8.98. The van der Waals surface area contributed by atoms with Crippen molar-refractivity contribution >= 4 is 38.9 Å². The third-order valence-corrected chi connectivity index (χ3v) is 6.44. The molecule has 0 aliphatic heterocycles. The van der Waals surface area contributed by atoms with E-state index in [1.165, 1.54) is 12.1 Å². The first kappa shape index (κ1) is 20.9. The zero-order chi connectivity index (χ0) is 21.0. The summed E-state index contributed by atoms with van der Waals surface area (Å²) >= 11 is 6.01. The van der Waals surface area contributed by atoms with Gasteiger partial charge in [0.25, 0.3) is 10.0 Å². The van der Waals surface area contributed by atoms with E-state index in [-0.39, 0.29) is 11.4 Å². The molecular formula is C22H21ClN2O3S. The van der Waals surface area contributed by atoms with Gasteiger partial charge < -0.3 is 5.32 Å².